The van der Waals surface area contributed by atoms with Gasteiger partial charge in [0.2, 0.25) is 16.9 Å². The fourth-order valence-electron chi connectivity index (χ4n) is 2.37. The number of thioether (sulfide) groups is 1. The largest absolute Gasteiger partial charge is 0.338 e. The van der Waals surface area contributed by atoms with Crippen LogP contribution >= 0.6 is 11.8 Å². The molecule has 6 nitrogen and oxygen atoms in total. The van der Waals surface area contributed by atoms with Gasteiger partial charge in [0.15, 0.2) is 5.82 Å². The van der Waals surface area contributed by atoms with E-state index in [9.17, 15) is 8.78 Å². The van der Waals surface area contributed by atoms with Crippen molar-refractivity contribution in [2.24, 2.45) is 0 Å². The van der Waals surface area contributed by atoms with Gasteiger partial charge in [-0.2, -0.15) is 4.98 Å². The molecule has 0 fully saturated rings. The standard InChI is InChI=1S/C18H13F2N5OS/c1-10-6-7-11(8-14(10)20)16-21-15(26-25-16)9-27-18-22-17(23-24-18)12-4-2-3-5-13(12)19/h2-8H,9H2,1H3,(H,22,23,24). The molecule has 0 amide bonds. The number of hydrogen-bond donors (Lipinski definition) is 1. The zero-order valence-electron chi connectivity index (χ0n) is 14.1. The fraction of sp³-hybridized carbons (Fsp3) is 0.111. The van der Waals surface area contributed by atoms with Gasteiger partial charge in [-0.25, -0.2) is 13.8 Å². The minimum atomic E-state index is -0.378. The summed E-state index contributed by atoms with van der Waals surface area (Å²) in [5, 5.41) is 11.1. The van der Waals surface area contributed by atoms with Crippen LogP contribution in [-0.4, -0.2) is 25.3 Å². The van der Waals surface area contributed by atoms with Crippen LogP contribution in [0.4, 0.5) is 8.78 Å². The summed E-state index contributed by atoms with van der Waals surface area (Å²) >= 11 is 1.26. The Balaban J connectivity index is 1.45. The highest BCUT2D eigenvalue weighted by molar-refractivity contribution is 7.98. The molecule has 0 unspecified atom stereocenters. The second-order valence-electron chi connectivity index (χ2n) is 5.71. The van der Waals surface area contributed by atoms with Gasteiger partial charge in [0.05, 0.1) is 11.3 Å². The first-order chi connectivity index (χ1) is 13.1. The average molecular weight is 385 g/mol. The van der Waals surface area contributed by atoms with Crippen molar-refractivity contribution in [1.82, 2.24) is 25.3 Å². The fourth-order valence-corrected chi connectivity index (χ4v) is 3.01. The number of H-pyrrole nitrogens is 1. The molecule has 2 aromatic heterocycles. The first kappa shape index (κ1) is 17.3. The second-order valence-corrected chi connectivity index (χ2v) is 6.65. The normalized spacial score (nSPS) is 11.1. The molecule has 1 N–H and O–H groups in total. The summed E-state index contributed by atoms with van der Waals surface area (Å²) in [6.07, 6.45) is 0. The van der Waals surface area contributed by atoms with Gasteiger partial charge < -0.3 is 4.52 Å². The zero-order chi connectivity index (χ0) is 18.8. The number of aromatic nitrogens is 5. The van der Waals surface area contributed by atoms with Crippen molar-refractivity contribution in [1.29, 1.82) is 0 Å². The van der Waals surface area contributed by atoms with E-state index in [-0.39, 0.29) is 11.6 Å². The van der Waals surface area contributed by atoms with Crippen LogP contribution in [0.25, 0.3) is 22.8 Å². The number of halogens is 2. The lowest BCUT2D eigenvalue weighted by Crippen LogP contribution is -1.87. The molecule has 0 spiro atoms. The van der Waals surface area contributed by atoms with Crippen LogP contribution < -0.4 is 0 Å². The number of aryl methyl sites for hydroxylation is 1. The SMILES string of the molecule is Cc1ccc(-c2noc(CSc3n[nH]c(-c4ccccc4F)n3)n2)cc1F. The summed E-state index contributed by atoms with van der Waals surface area (Å²) in [6.45, 7) is 1.68. The quantitative estimate of drug-likeness (QED) is 0.513. The lowest BCUT2D eigenvalue weighted by Gasteiger charge is -1.97. The van der Waals surface area contributed by atoms with Gasteiger partial charge in [-0.15, -0.1) is 5.10 Å². The molecule has 0 bridgehead atoms. The summed E-state index contributed by atoms with van der Waals surface area (Å²) in [5.41, 5.74) is 1.43. The van der Waals surface area contributed by atoms with E-state index >= 15 is 0 Å². The maximum absolute atomic E-state index is 13.8. The molecule has 0 saturated carbocycles. The Labute approximate surface area is 157 Å². The van der Waals surface area contributed by atoms with Crippen LogP contribution in [0.3, 0.4) is 0 Å². The Morgan fingerprint density at radius 1 is 1.07 bits per heavy atom. The molecule has 9 heteroatoms. The van der Waals surface area contributed by atoms with E-state index in [1.807, 2.05) is 0 Å². The smallest absolute Gasteiger partial charge is 0.237 e. The van der Waals surface area contributed by atoms with Crippen molar-refractivity contribution < 1.29 is 13.3 Å². The predicted molar refractivity (Wildman–Crippen MR) is 95.8 cm³/mol. The number of hydrogen-bond acceptors (Lipinski definition) is 6. The summed E-state index contributed by atoms with van der Waals surface area (Å²) in [7, 11) is 0. The van der Waals surface area contributed by atoms with Crippen LogP contribution in [0.15, 0.2) is 52.1 Å². The first-order valence-corrected chi connectivity index (χ1v) is 8.98. The minimum Gasteiger partial charge on any atom is -0.338 e. The van der Waals surface area contributed by atoms with Crippen molar-refractivity contribution in [2.45, 2.75) is 17.8 Å². The van der Waals surface area contributed by atoms with Crippen molar-refractivity contribution in [3.05, 3.63) is 65.6 Å². The number of aromatic amines is 1. The lowest BCUT2D eigenvalue weighted by molar-refractivity contribution is 0.391. The van der Waals surface area contributed by atoms with Crippen LogP contribution in [0.5, 0.6) is 0 Å². The zero-order valence-corrected chi connectivity index (χ0v) is 14.9. The summed E-state index contributed by atoms with van der Waals surface area (Å²) in [6, 6.07) is 11.1. The number of nitrogens with zero attached hydrogens (tertiary/aromatic N) is 4. The molecule has 136 valence electrons. The molecule has 4 aromatic rings. The Morgan fingerprint density at radius 2 is 1.93 bits per heavy atom. The van der Waals surface area contributed by atoms with Gasteiger partial charge in [-0.1, -0.05) is 41.2 Å². The van der Waals surface area contributed by atoms with E-state index in [2.05, 4.69) is 25.3 Å². The van der Waals surface area contributed by atoms with Crippen LogP contribution in [0.1, 0.15) is 11.5 Å². The first-order valence-electron chi connectivity index (χ1n) is 7.99. The molecule has 0 saturated heterocycles. The third kappa shape index (κ3) is 3.72. The molecular formula is C18H13F2N5OS. The molecular weight excluding hydrogens is 372 g/mol. The second kappa shape index (κ2) is 7.28. The van der Waals surface area contributed by atoms with E-state index < -0.39 is 0 Å². The summed E-state index contributed by atoms with van der Waals surface area (Å²) in [5.74, 6) is 0.638. The van der Waals surface area contributed by atoms with Crippen molar-refractivity contribution in [3.8, 4) is 22.8 Å². The van der Waals surface area contributed by atoms with Gasteiger partial charge in [-0.3, -0.25) is 5.10 Å². The molecule has 0 aliphatic heterocycles. The van der Waals surface area contributed by atoms with E-state index in [4.69, 9.17) is 4.52 Å². The number of benzene rings is 2. The maximum atomic E-state index is 13.8. The van der Waals surface area contributed by atoms with Crippen molar-refractivity contribution in [2.75, 3.05) is 0 Å². The number of rotatable bonds is 5. The summed E-state index contributed by atoms with van der Waals surface area (Å²) < 4.78 is 32.7. The maximum Gasteiger partial charge on any atom is 0.237 e. The van der Waals surface area contributed by atoms with E-state index in [1.54, 1.807) is 37.3 Å². The highest BCUT2D eigenvalue weighted by atomic mass is 32.2. The molecule has 0 aliphatic carbocycles. The molecule has 0 aliphatic rings. The average Bonchev–Trinajstić information content (AvgIpc) is 3.32. The Hall–Kier alpha value is -3.07. The van der Waals surface area contributed by atoms with E-state index in [0.717, 1.165) is 0 Å². The van der Waals surface area contributed by atoms with E-state index in [0.29, 0.717) is 45.1 Å². The number of nitrogens with one attached hydrogen (secondary N) is 1. The monoisotopic (exact) mass is 385 g/mol. The van der Waals surface area contributed by atoms with Gasteiger partial charge in [0, 0.05) is 5.56 Å². The Morgan fingerprint density at radius 3 is 2.74 bits per heavy atom. The Kier molecular flexibility index (Phi) is 4.68. The van der Waals surface area contributed by atoms with E-state index in [1.165, 1.54) is 23.9 Å². The van der Waals surface area contributed by atoms with Crippen molar-refractivity contribution in [3.63, 3.8) is 0 Å². The van der Waals surface area contributed by atoms with Gasteiger partial charge >= 0.3 is 0 Å². The molecule has 0 radical (unpaired) electrons. The Bertz CT molecular complexity index is 1090. The van der Waals surface area contributed by atoms with Crippen molar-refractivity contribution >= 4 is 11.8 Å². The molecule has 2 aromatic carbocycles. The molecule has 4 rings (SSSR count). The molecule has 2 heterocycles. The topological polar surface area (TPSA) is 80.5 Å². The highest BCUT2D eigenvalue weighted by Gasteiger charge is 2.13. The van der Waals surface area contributed by atoms with Gasteiger partial charge in [-0.05, 0) is 30.7 Å². The van der Waals surface area contributed by atoms with Crippen LogP contribution in [0, 0.1) is 18.6 Å². The molecule has 0 atom stereocenters. The predicted octanol–water partition coefficient (Wildman–Crippen LogP) is 4.40. The lowest BCUT2D eigenvalue weighted by atomic mass is 10.1. The highest BCUT2D eigenvalue weighted by Crippen LogP contribution is 2.25. The van der Waals surface area contributed by atoms with Gasteiger partial charge in [0.1, 0.15) is 11.6 Å². The summed E-state index contributed by atoms with van der Waals surface area (Å²) in [4.78, 5) is 8.51. The third-order valence-corrected chi connectivity index (χ3v) is 4.65. The minimum absolute atomic E-state index is 0.312. The van der Waals surface area contributed by atoms with Gasteiger partial charge in [0.25, 0.3) is 0 Å². The molecule has 27 heavy (non-hydrogen) atoms. The van der Waals surface area contributed by atoms with Crippen LogP contribution in [-0.2, 0) is 5.75 Å². The third-order valence-electron chi connectivity index (χ3n) is 3.82. The van der Waals surface area contributed by atoms with Crippen LogP contribution in [0.2, 0.25) is 0 Å².